The summed E-state index contributed by atoms with van der Waals surface area (Å²) in [4.78, 5) is 14.4. The summed E-state index contributed by atoms with van der Waals surface area (Å²) in [7, 11) is -4.64. The van der Waals surface area contributed by atoms with Crippen molar-refractivity contribution in [3.8, 4) is 0 Å². The first kappa shape index (κ1) is 57.2. The summed E-state index contributed by atoms with van der Waals surface area (Å²) >= 11 is 0. The number of hydrogen-bond donors (Lipinski definition) is 2. The van der Waals surface area contributed by atoms with E-state index in [-0.39, 0.29) is 113 Å². The van der Waals surface area contributed by atoms with Crippen LogP contribution in [-0.2, 0) is 41.8 Å². The van der Waals surface area contributed by atoms with Gasteiger partial charge in [0.25, 0.3) is 0 Å². The summed E-state index contributed by atoms with van der Waals surface area (Å²) in [6, 6.07) is 0. The minimum absolute atomic E-state index is 0.00140. The average Bonchev–Trinajstić information content (AvgIpc) is 3.49. The number of ketones is 1. The molecule has 65 heavy (non-hydrogen) atoms. The molecule has 0 aromatic heterocycles. The number of rotatable bonds is 21. The SMILES string of the molecule is C=C1C(C)CC(CCCO)OC1C[C@@H]1OC(CC(CO[Si](C)(C)C(C)(C)C)O[Si](C)(C)C(C)(C)C)[C@H](OC)C1CC(=O)C[C@H]1CC[C@@H]2OC(C(CC)O[Si](C)(C)C(C)(C)C)C[C@@H](O)C2O1. The molecule has 0 aromatic rings. The maximum absolute atomic E-state index is 14.4. The Hall–Kier alpha value is -0.339. The fraction of sp³-hybridized carbons (Fsp3) is 0.941. The van der Waals surface area contributed by atoms with E-state index in [0.29, 0.717) is 45.1 Å². The fourth-order valence-electron chi connectivity index (χ4n) is 9.56. The summed E-state index contributed by atoms with van der Waals surface area (Å²) in [5.74, 6) is 0.132. The molecule has 4 rings (SSSR count). The molecule has 4 heterocycles. The van der Waals surface area contributed by atoms with Crippen LogP contribution in [0.1, 0.15) is 147 Å². The number of aliphatic hydroxyl groups excluding tert-OH is 2. The van der Waals surface area contributed by atoms with Crippen LogP contribution in [0.2, 0.25) is 54.4 Å². The zero-order valence-electron chi connectivity index (χ0n) is 44.6. The molecule has 380 valence electrons. The molecular weight excluding hydrogens is 873 g/mol. The third-order valence-corrected chi connectivity index (χ3v) is 30.5. The molecule has 4 fully saturated rings. The fourth-order valence-corrected chi connectivity index (χ4v) is 13.4. The monoisotopic (exact) mass is 971 g/mol. The smallest absolute Gasteiger partial charge is 0.192 e. The molecule has 0 spiro atoms. The number of hydrogen-bond acceptors (Lipinski definition) is 11. The maximum Gasteiger partial charge on any atom is 0.192 e. The third kappa shape index (κ3) is 14.9. The predicted octanol–water partition coefficient (Wildman–Crippen LogP) is 10.9. The van der Waals surface area contributed by atoms with Crippen molar-refractivity contribution in [1.29, 1.82) is 0 Å². The van der Waals surface area contributed by atoms with Crippen molar-refractivity contribution >= 4 is 30.7 Å². The van der Waals surface area contributed by atoms with Gasteiger partial charge in [-0.15, -0.1) is 0 Å². The van der Waals surface area contributed by atoms with Crippen LogP contribution in [0.3, 0.4) is 0 Å². The van der Waals surface area contributed by atoms with E-state index >= 15 is 0 Å². The molecule has 0 aliphatic carbocycles. The van der Waals surface area contributed by atoms with E-state index < -0.39 is 37.2 Å². The summed E-state index contributed by atoms with van der Waals surface area (Å²) in [6.45, 7) is 43.5. The molecule has 0 bridgehead atoms. The third-order valence-electron chi connectivity index (χ3n) is 16.9. The molecular formula is C51H98O11Si3. The van der Waals surface area contributed by atoms with Crippen molar-refractivity contribution < 1.29 is 52.0 Å². The van der Waals surface area contributed by atoms with Crippen LogP contribution < -0.4 is 0 Å². The quantitative estimate of drug-likeness (QED) is 0.0842. The van der Waals surface area contributed by atoms with Crippen LogP contribution in [0.5, 0.6) is 0 Å². The Morgan fingerprint density at radius 2 is 1.43 bits per heavy atom. The predicted molar refractivity (Wildman–Crippen MR) is 269 cm³/mol. The van der Waals surface area contributed by atoms with Crippen molar-refractivity contribution in [1.82, 2.24) is 0 Å². The molecule has 0 saturated carbocycles. The van der Waals surface area contributed by atoms with Crippen LogP contribution in [0.4, 0.5) is 0 Å². The van der Waals surface area contributed by atoms with Gasteiger partial charge >= 0.3 is 0 Å². The van der Waals surface area contributed by atoms with E-state index in [1.165, 1.54) is 0 Å². The highest BCUT2D eigenvalue weighted by molar-refractivity contribution is 6.75. The first-order chi connectivity index (χ1) is 29.8. The van der Waals surface area contributed by atoms with Crippen molar-refractivity contribution in [2.75, 3.05) is 20.3 Å². The minimum Gasteiger partial charge on any atom is -0.414 e. The van der Waals surface area contributed by atoms with Gasteiger partial charge < -0.3 is 47.2 Å². The lowest BCUT2D eigenvalue weighted by Crippen LogP contribution is -2.57. The van der Waals surface area contributed by atoms with Gasteiger partial charge in [-0.2, -0.15) is 0 Å². The van der Waals surface area contributed by atoms with E-state index in [2.05, 4.69) is 122 Å². The number of carbonyl (C=O) groups excluding carboxylic acids is 1. The zero-order valence-corrected chi connectivity index (χ0v) is 47.6. The first-order valence-electron chi connectivity index (χ1n) is 25.5. The molecule has 0 aromatic carbocycles. The van der Waals surface area contributed by atoms with Gasteiger partial charge in [-0.05, 0) is 104 Å². The molecule has 0 amide bonds. The number of Topliss-reactive ketones (excluding diaryl/α,β-unsaturated/α-hetero) is 1. The van der Waals surface area contributed by atoms with Crippen LogP contribution in [0.25, 0.3) is 0 Å². The van der Waals surface area contributed by atoms with E-state index in [9.17, 15) is 15.0 Å². The maximum atomic E-state index is 14.4. The highest BCUT2D eigenvalue weighted by Gasteiger charge is 2.51. The Labute approximate surface area is 399 Å². The van der Waals surface area contributed by atoms with Crippen LogP contribution in [0, 0.1) is 11.8 Å². The van der Waals surface area contributed by atoms with E-state index in [0.717, 1.165) is 24.8 Å². The Bertz CT molecular complexity index is 1520. The molecule has 14 heteroatoms. The van der Waals surface area contributed by atoms with Gasteiger partial charge in [-0.25, -0.2) is 0 Å². The molecule has 4 aliphatic rings. The van der Waals surface area contributed by atoms with Gasteiger partial charge in [0.2, 0.25) is 0 Å². The van der Waals surface area contributed by atoms with Crippen molar-refractivity contribution in [2.24, 2.45) is 11.8 Å². The standard InChI is InChI=1S/C51H98O11Si3/c1-20-41(62-65(18,19)51(10,11)12)45-30-40(54)48-42(59-45)24-23-37(58-48)27-35(53)28-39-44(31-43-34(3)33(2)26-36(57-43)22-21-25-52)60-46(47(39)55-13)29-38(61-64(16,17)50(7,8)9)32-56-63(14,15)49(4,5)6/h33,36-48,52,54H,3,20-32H2,1-2,4-19H3/t33?,36?,37-,38?,39?,40-,41?,42+,43?,44+,45?,46?,47-,48?/m1/s1. The Morgan fingerprint density at radius 1 is 0.815 bits per heavy atom. The van der Waals surface area contributed by atoms with Gasteiger partial charge in [0.15, 0.2) is 25.0 Å². The van der Waals surface area contributed by atoms with E-state index in [1.807, 2.05) is 0 Å². The normalized spacial score (nSPS) is 33.2. The van der Waals surface area contributed by atoms with Gasteiger partial charge in [-0.1, -0.05) is 82.7 Å². The second kappa shape index (κ2) is 22.8. The van der Waals surface area contributed by atoms with Crippen LogP contribution in [0.15, 0.2) is 12.2 Å². The number of fused-ring (bicyclic) bond motifs is 1. The first-order valence-corrected chi connectivity index (χ1v) is 34.2. The Balaban J connectivity index is 1.54. The zero-order chi connectivity index (χ0) is 49.1. The molecule has 2 N–H and O–H groups in total. The second-order valence-corrected chi connectivity index (χ2v) is 39.4. The van der Waals surface area contributed by atoms with Gasteiger partial charge in [0, 0.05) is 51.7 Å². The van der Waals surface area contributed by atoms with Gasteiger partial charge in [0.1, 0.15) is 11.9 Å². The molecule has 0 radical (unpaired) electrons. The molecule has 4 aliphatic heterocycles. The van der Waals surface area contributed by atoms with Gasteiger partial charge in [-0.3, -0.25) is 4.79 Å². The lowest BCUT2D eigenvalue weighted by molar-refractivity contribution is -0.239. The van der Waals surface area contributed by atoms with Crippen molar-refractivity contribution in [3.63, 3.8) is 0 Å². The highest BCUT2D eigenvalue weighted by Crippen LogP contribution is 2.45. The molecule has 9 unspecified atom stereocenters. The second-order valence-electron chi connectivity index (χ2n) is 25.0. The topological polar surface area (TPSA) is 131 Å². The van der Waals surface area contributed by atoms with Crippen LogP contribution >= 0.6 is 0 Å². The lowest BCUT2D eigenvalue weighted by atomic mass is 9.81. The largest absolute Gasteiger partial charge is 0.414 e. The molecule has 4 saturated heterocycles. The molecule has 14 atom stereocenters. The number of ether oxygens (including phenoxy) is 5. The number of aliphatic hydroxyl groups is 2. The number of carbonyl (C=O) groups is 1. The van der Waals surface area contributed by atoms with E-state index in [1.54, 1.807) is 7.11 Å². The Morgan fingerprint density at radius 3 is 2.00 bits per heavy atom. The number of methoxy groups -OCH3 is 1. The summed E-state index contributed by atoms with van der Waals surface area (Å²) in [5, 5.41) is 21.3. The van der Waals surface area contributed by atoms with Crippen molar-refractivity contribution in [2.45, 2.75) is 274 Å². The summed E-state index contributed by atoms with van der Waals surface area (Å²) in [6.07, 6.45) is 3.20. The highest BCUT2D eigenvalue weighted by atomic mass is 28.4. The lowest BCUT2D eigenvalue weighted by Gasteiger charge is -2.48. The minimum atomic E-state index is -2.23. The average molecular weight is 972 g/mol. The molecule has 11 nitrogen and oxygen atoms in total. The van der Waals surface area contributed by atoms with Crippen molar-refractivity contribution in [3.05, 3.63) is 12.2 Å². The summed E-state index contributed by atoms with van der Waals surface area (Å²) < 4.78 is 54.4. The van der Waals surface area contributed by atoms with Crippen LogP contribution in [-0.4, -0.2) is 135 Å². The Kier molecular flexibility index (Phi) is 20.1. The summed E-state index contributed by atoms with van der Waals surface area (Å²) in [5.41, 5.74) is 1.05. The van der Waals surface area contributed by atoms with Gasteiger partial charge in [0.05, 0.1) is 73.8 Å². The van der Waals surface area contributed by atoms with E-state index in [4.69, 9.17) is 37.0 Å².